The molecular weight excluding hydrogens is 158 g/mol. The van der Waals surface area contributed by atoms with E-state index in [9.17, 15) is 0 Å². The van der Waals surface area contributed by atoms with Crippen LogP contribution in [0.4, 0.5) is 0 Å². The molecule has 0 amide bonds. The highest BCUT2D eigenvalue weighted by molar-refractivity contribution is 4.76. The number of nitrogens with zero attached hydrogens (tertiary/aromatic N) is 6. The van der Waals surface area contributed by atoms with Crippen LogP contribution < -0.4 is 0 Å². The molecule has 12 heavy (non-hydrogen) atoms. The highest BCUT2D eigenvalue weighted by Gasteiger charge is 1.97. The summed E-state index contributed by atoms with van der Waals surface area (Å²) in [5, 5.41) is 20.8. The first-order valence-electron chi connectivity index (χ1n) is 3.50. The first kappa shape index (κ1) is 6.89. The largest absolute Gasteiger partial charge is 0.320 e. The van der Waals surface area contributed by atoms with Gasteiger partial charge in [-0.1, -0.05) is 5.21 Å². The molecule has 0 spiro atoms. The molecule has 0 atom stereocenters. The van der Waals surface area contributed by atoms with Crippen LogP contribution in [0.15, 0.2) is 12.7 Å². The summed E-state index contributed by atoms with van der Waals surface area (Å²) >= 11 is 0. The van der Waals surface area contributed by atoms with Crippen molar-refractivity contribution < 1.29 is 0 Å². The summed E-state index contributed by atoms with van der Waals surface area (Å²) in [7, 11) is 0. The van der Waals surface area contributed by atoms with Crippen LogP contribution >= 0.6 is 0 Å². The van der Waals surface area contributed by atoms with Crippen molar-refractivity contribution in [2.24, 2.45) is 0 Å². The van der Waals surface area contributed by atoms with Gasteiger partial charge in [-0.2, -0.15) is 5.21 Å². The van der Waals surface area contributed by atoms with E-state index < -0.39 is 0 Å². The molecule has 0 aliphatic rings. The minimum Gasteiger partial charge on any atom is -0.320 e. The van der Waals surface area contributed by atoms with Crippen molar-refractivity contribution in [3.63, 3.8) is 0 Å². The summed E-state index contributed by atoms with van der Waals surface area (Å²) in [5.41, 5.74) is 0. The number of aromatic amines is 1. The van der Waals surface area contributed by atoms with Gasteiger partial charge in [0.1, 0.15) is 12.7 Å². The van der Waals surface area contributed by atoms with Gasteiger partial charge in [-0.05, 0) is 0 Å². The zero-order valence-corrected chi connectivity index (χ0v) is 6.25. The molecule has 0 unspecified atom stereocenters. The summed E-state index contributed by atoms with van der Waals surface area (Å²) < 4.78 is 1.86. The fourth-order valence-electron chi connectivity index (χ4n) is 0.855. The van der Waals surface area contributed by atoms with Crippen molar-refractivity contribution in [3.8, 4) is 0 Å². The monoisotopic (exact) mass is 165 g/mol. The van der Waals surface area contributed by atoms with E-state index in [0.717, 1.165) is 13.0 Å². The van der Waals surface area contributed by atoms with E-state index in [2.05, 4.69) is 30.8 Å². The van der Waals surface area contributed by atoms with Crippen LogP contribution in [0.5, 0.6) is 0 Å². The number of aromatic nitrogens is 7. The fourth-order valence-corrected chi connectivity index (χ4v) is 0.855. The van der Waals surface area contributed by atoms with Crippen LogP contribution in [0.3, 0.4) is 0 Å². The Morgan fingerprint density at radius 2 is 2.17 bits per heavy atom. The second kappa shape index (κ2) is 3.07. The van der Waals surface area contributed by atoms with Crippen LogP contribution in [-0.4, -0.2) is 35.4 Å². The minimum atomic E-state index is 0.698. The van der Waals surface area contributed by atoms with Crippen molar-refractivity contribution in [1.29, 1.82) is 0 Å². The van der Waals surface area contributed by atoms with E-state index in [1.54, 1.807) is 12.7 Å². The van der Waals surface area contributed by atoms with Crippen molar-refractivity contribution in [2.45, 2.75) is 13.0 Å². The molecule has 7 nitrogen and oxygen atoms in total. The van der Waals surface area contributed by atoms with Gasteiger partial charge in [0.2, 0.25) is 0 Å². The fraction of sp³-hybridized carbons (Fsp3) is 0.400. The average Bonchev–Trinajstić information content (AvgIpc) is 2.74. The van der Waals surface area contributed by atoms with E-state index in [-0.39, 0.29) is 0 Å². The van der Waals surface area contributed by atoms with Gasteiger partial charge in [-0.3, -0.25) is 0 Å². The van der Waals surface area contributed by atoms with Gasteiger partial charge in [0.05, 0.1) is 0 Å². The highest BCUT2D eigenvalue weighted by Crippen LogP contribution is 1.90. The maximum Gasteiger partial charge on any atom is 0.176 e. The van der Waals surface area contributed by atoms with E-state index >= 15 is 0 Å². The van der Waals surface area contributed by atoms with E-state index in [1.807, 2.05) is 4.57 Å². The molecule has 2 aromatic heterocycles. The normalized spacial score (nSPS) is 10.3. The predicted octanol–water partition coefficient (Wildman–Crippen LogP) is -0.966. The molecule has 0 aromatic carbocycles. The van der Waals surface area contributed by atoms with Crippen molar-refractivity contribution in [2.75, 3.05) is 0 Å². The van der Waals surface area contributed by atoms with E-state index in [1.165, 1.54) is 0 Å². The van der Waals surface area contributed by atoms with Crippen molar-refractivity contribution in [1.82, 2.24) is 35.4 Å². The van der Waals surface area contributed by atoms with Crippen LogP contribution in [0.1, 0.15) is 5.82 Å². The molecule has 1 N–H and O–H groups in total. The molecule has 0 aliphatic carbocycles. The SMILES string of the molecule is c1nncn1CCc1nn[nH]n1. The molecule has 7 heteroatoms. The Morgan fingerprint density at radius 1 is 1.33 bits per heavy atom. The molecule has 0 saturated carbocycles. The minimum absolute atomic E-state index is 0.698. The second-order valence-corrected chi connectivity index (χ2v) is 2.28. The third-order valence-corrected chi connectivity index (χ3v) is 1.45. The topological polar surface area (TPSA) is 85.2 Å². The van der Waals surface area contributed by atoms with Gasteiger partial charge in [-0.25, -0.2) is 0 Å². The summed E-state index contributed by atoms with van der Waals surface area (Å²) in [5.74, 6) is 0.698. The van der Waals surface area contributed by atoms with Crippen LogP contribution in [0.25, 0.3) is 0 Å². The molecular formula is C5H7N7. The summed E-state index contributed by atoms with van der Waals surface area (Å²) in [6.07, 6.45) is 4.04. The van der Waals surface area contributed by atoms with Gasteiger partial charge in [0.25, 0.3) is 0 Å². The Balaban J connectivity index is 1.91. The first-order chi connectivity index (χ1) is 5.95. The van der Waals surface area contributed by atoms with Crippen molar-refractivity contribution >= 4 is 0 Å². The second-order valence-electron chi connectivity index (χ2n) is 2.28. The van der Waals surface area contributed by atoms with Crippen molar-refractivity contribution in [3.05, 3.63) is 18.5 Å². The lowest BCUT2D eigenvalue weighted by molar-refractivity contribution is 0.669. The first-order valence-corrected chi connectivity index (χ1v) is 3.50. The molecule has 0 bridgehead atoms. The lowest BCUT2D eigenvalue weighted by atomic mass is 10.4. The van der Waals surface area contributed by atoms with E-state index in [0.29, 0.717) is 5.82 Å². The molecule has 0 radical (unpaired) electrons. The van der Waals surface area contributed by atoms with Crippen LogP contribution in [-0.2, 0) is 13.0 Å². The van der Waals surface area contributed by atoms with Gasteiger partial charge in [0, 0.05) is 13.0 Å². The lowest BCUT2D eigenvalue weighted by Gasteiger charge is -1.94. The standard InChI is InChI=1S/C5H7N7/c1(5-8-10-11-9-5)2-12-3-6-7-4-12/h3-4H,1-2H2,(H,8,9,10,11). The number of H-pyrrole nitrogens is 1. The van der Waals surface area contributed by atoms with Gasteiger partial charge in [0.15, 0.2) is 5.82 Å². The molecule has 0 fully saturated rings. The molecule has 0 aliphatic heterocycles. The van der Waals surface area contributed by atoms with Gasteiger partial charge in [-0.15, -0.1) is 20.4 Å². The quantitative estimate of drug-likeness (QED) is 0.632. The Hall–Kier alpha value is -1.79. The zero-order valence-electron chi connectivity index (χ0n) is 6.25. The lowest BCUT2D eigenvalue weighted by Crippen LogP contribution is -2.00. The Kier molecular flexibility index (Phi) is 1.77. The molecule has 2 rings (SSSR count). The zero-order chi connectivity index (χ0) is 8.23. The predicted molar refractivity (Wildman–Crippen MR) is 37.9 cm³/mol. The maximum absolute atomic E-state index is 3.81. The average molecular weight is 165 g/mol. The summed E-state index contributed by atoms with van der Waals surface area (Å²) in [6.45, 7) is 0.770. The summed E-state index contributed by atoms with van der Waals surface area (Å²) in [6, 6.07) is 0. The Morgan fingerprint density at radius 3 is 2.83 bits per heavy atom. The number of aryl methyl sites for hydroxylation is 2. The molecule has 2 heterocycles. The van der Waals surface area contributed by atoms with Crippen LogP contribution in [0.2, 0.25) is 0 Å². The number of nitrogens with one attached hydrogen (secondary N) is 1. The highest BCUT2D eigenvalue weighted by atomic mass is 15.5. The molecule has 0 saturated heterocycles. The number of hydrogen-bond acceptors (Lipinski definition) is 5. The molecule has 62 valence electrons. The Labute approximate surface area is 67.8 Å². The maximum atomic E-state index is 3.81. The summed E-state index contributed by atoms with van der Waals surface area (Å²) in [4.78, 5) is 0. The van der Waals surface area contributed by atoms with Gasteiger partial charge >= 0.3 is 0 Å². The smallest absolute Gasteiger partial charge is 0.176 e. The Bertz CT molecular complexity index is 275. The third kappa shape index (κ3) is 1.44. The third-order valence-electron chi connectivity index (χ3n) is 1.45. The number of hydrogen-bond donors (Lipinski definition) is 1. The number of tetrazole rings is 1. The van der Waals surface area contributed by atoms with Gasteiger partial charge < -0.3 is 4.57 Å². The van der Waals surface area contributed by atoms with E-state index in [4.69, 9.17) is 0 Å². The molecule has 2 aromatic rings. The van der Waals surface area contributed by atoms with Crippen LogP contribution in [0, 0.1) is 0 Å². The number of rotatable bonds is 3.